The van der Waals surface area contributed by atoms with Crippen molar-refractivity contribution in [1.29, 1.82) is 0 Å². The molecular formula is C21H26N6O2. The Morgan fingerprint density at radius 2 is 1.86 bits per heavy atom. The Morgan fingerprint density at radius 1 is 1.10 bits per heavy atom. The molecule has 152 valence electrons. The summed E-state index contributed by atoms with van der Waals surface area (Å²) in [6.07, 6.45) is 6.47. The number of aryl methyl sites for hydroxylation is 1. The van der Waals surface area contributed by atoms with Crippen molar-refractivity contribution in [2.24, 2.45) is 0 Å². The fourth-order valence-electron chi connectivity index (χ4n) is 3.86. The fourth-order valence-corrected chi connectivity index (χ4v) is 3.86. The number of hydrogen-bond acceptors (Lipinski definition) is 6. The second-order valence-electron chi connectivity index (χ2n) is 7.44. The number of nitrogens with zero attached hydrogens (tertiary/aromatic N) is 6. The first-order valence-electron chi connectivity index (χ1n) is 10.2. The van der Waals surface area contributed by atoms with Crippen molar-refractivity contribution in [3.63, 3.8) is 0 Å². The third-order valence-corrected chi connectivity index (χ3v) is 5.66. The van der Waals surface area contributed by atoms with Crippen molar-refractivity contribution in [1.82, 2.24) is 29.7 Å². The Labute approximate surface area is 170 Å². The Morgan fingerprint density at radius 3 is 2.59 bits per heavy atom. The predicted molar refractivity (Wildman–Crippen MR) is 108 cm³/mol. The van der Waals surface area contributed by atoms with Gasteiger partial charge in [-0.1, -0.05) is 6.92 Å². The first-order chi connectivity index (χ1) is 14.2. The van der Waals surface area contributed by atoms with Crippen molar-refractivity contribution in [3.05, 3.63) is 42.0 Å². The fraction of sp³-hybridized carbons (Fsp3) is 0.476. The van der Waals surface area contributed by atoms with Crippen molar-refractivity contribution in [2.75, 3.05) is 45.8 Å². The van der Waals surface area contributed by atoms with Gasteiger partial charge in [-0.2, -0.15) is 0 Å². The van der Waals surface area contributed by atoms with Crippen molar-refractivity contribution in [2.45, 2.75) is 19.8 Å². The first-order valence-corrected chi connectivity index (χ1v) is 10.2. The van der Waals surface area contributed by atoms with Crippen molar-refractivity contribution >= 4 is 11.8 Å². The molecule has 0 unspecified atom stereocenters. The Bertz CT molecular complexity index is 880. The lowest BCUT2D eigenvalue weighted by Crippen LogP contribution is -2.51. The number of amides is 2. The molecule has 0 radical (unpaired) electrons. The molecule has 8 nitrogen and oxygen atoms in total. The molecule has 0 spiro atoms. The van der Waals surface area contributed by atoms with Gasteiger partial charge in [0.2, 0.25) is 5.91 Å². The summed E-state index contributed by atoms with van der Waals surface area (Å²) in [5.41, 5.74) is 2.13. The minimum absolute atomic E-state index is 0.0203. The van der Waals surface area contributed by atoms with E-state index in [2.05, 4.69) is 26.8 Å². The summed E-state index contributed by atoms with van der Waals surface area (Å²) in [4.78, 5) is 44.7. The van der Waals surface area contributed by atoms with Gasteiger partial charge in [-0.3, -0.25) is 14.6 Å². The van der Waals surface area contributed by atoms with Crippen LogP contribution in [0.1, 0.15) is 29.4 Å². The van der Waals surface area contributed by atoms with E-state index >= 15 is 0 Å². The highest BCUT2D eigenvalue weighted by molar-refractivity contribution is 5.97. The average molecular weight is 394 g/mol. The molecule has 8 heteroatoms. The van der Waals surface area contributed by atoms with Gasteiger partial charge < -0.3 is 14.7 Å². The predicted octanol–water partition coefficient (Wildman–Crippen LogP) is 1.09. The van der Waals surface area contributed by atoms with Gasteiger partial charge in [-0.05, 0) is 31.5 Å². The van der Waals surface area contributed by atoms with Gasteiger partial charge in [0.05, 0.1) is 11.3 Å². The molecule has 2 aromatic rings. The van der Waals surface area contributed by atoms with Crippen LogP contribution in [0.4, 0.5) is 0 Å². The van der Waals surface area contributed by atoms with Crippen LogP contribution in [0, 0.1) is 0 Å². The zero-order valence-corrected chi connectivity index (χ0v) is 16.8. The van der Waals surface area contributed by atoms with Gasteiger partial charge in [-0.25, -0.2) is 9.97 Å². The lowest BCUT2D eigenvalue weighted by atomic mass is 10.1. The first kappa shape index (κ1) is 19.4. The molecule has 0 atom stereocenters. The van der Waals surface area contributed by atoms with E-state index in [4.69, 9.17) is 0 Å². The Kier molecular flexibility index (Phi) is 5.80. The molecule has 1 fully saturated rings. The average Bonchev–Trinajstić information content (AvgIpc) is 2.93. The highest BCUT2D eigenvalue weighted by atomic mass is 16.2. The number of fused-ring (bicyclic) bond motifs is 1. The van der Waals surface area contributed by atoms with Crippen LogP contribution in [0.3, 0.4) is 0 Å². The number of carbonyl (C=O) groups excluding carboxylic acids is 2. The molecule has 2 aliphatic heterocycles. The van der Waals surface area contributed by atoms with E-state index in [0.717, 1.165) is 50.4 Å². The number of likely N-dealkylation sites (N-methyl/N-ethyl adjacent to an activating group) is 1. The SMILES string of the molecule is CCN1CCN(C(=O)CN2CCCc3nc(-c4ccncc4)ncc3C2=O)CC1. The van der Waals surface area contributed by atoms with Crippen molar-refractivity contribution < 1.29 is 9.59 Å². The summed E-state index contributed by atoms with van der Waals surface area (Å²) in [7, 11) is 0. The summed E-state index contributed by atoms with van der Waals surface area (Å²) in [6.45, 7) is 7.05. The van der Waals surface area contributed by atoms with Crippen LogP contribution in [0.25, 0.3) is 11.4 Å². The maximum atomic E-state index is 13.1. The largest absolute Gasteiger partial charge is 0.339 e. The Balaban J connectivity index is 1.46. The molecule has 2 amide bonds. The van der Waals surface area contributed by atoms with E-state index in [1.54, 1.807) is 23.5 Å². The highest BCUT2D eigenvalue weighted by Crippen LogP contribution is 2.20. The van der Waals surface area contributed by atoms with Gasteiger partial charge in [0.25, 0.3) is 5.91 Å². The van der Waals surface area contributed by atoms with Gasteiger partial charge in [-0.15, -0.1) is 0 Å². The molecule has 2 aliphatic rings. The second-order valence-corrected chi connectivity index (χ2v) is 7.44. The number of carbonyl (C=O) groups is 2. The van der Waals surface area contributed by atoms with Gasteiger partial charge in [0, 0.05) is 56.9 Å². The quantitative estimate of drug-likeness (QED) is 0.772. The highest BCUT2D eigenvalue weighted by Gasteiger charge is 2.28. The lowest BCUT2D eigenvalue weighted by molar-refractivity contribution is -0.133. The molecule has 0 N–H and O–H groups in total. The van der Waals surface area contributed by atoms with E-state index in [1.165, 1.54) is 0 Å². The molecule has 4 rings (SSSR count). The zero-order valence-electron chi connectivity index (χ0n) is 16.8. The molecule has 0 saturated carbocycles. The molecule has 1 saturated heterocycles. The maximum Gasteiger partial charge on any atom is 0.257 e. The maximum absolute atomic E-state index is 13.1. The van der Waals surface area contributed by atoms with Crippen molar-refractivity contribution in [3.8, 4) is 11.4 Å². The molecule has 0 bridgehead atoms. The monoisotopic (exact) mass is 394 g/mol. The summed E-state index contributed by atoms with van der Waals surface area (Å²) in [5, 5.41) is 0. The third kappa shape index (κ3) is 4.27. The van der Waals surface area contributed by atoms with E-state index in [-0.39, 0.29) is 18.4 Å². The molecule has 4 heterocycles. The van der Waals surface area contributed by atoms with Crippen LogP contribution in [0.15, 0.2) is 30.7 Å². The zero-order chi connectivity index (χ0) is 20.2. The summed E-state index contributed by atoms with van der Waals surface area (Å²) in [5.74, 6) is 0.462. The molecule has 29 heavy (non-hydrogen) atoms. The molecular weight excluding hydrogens is 368 g/mol. The lowest BCUT2D eigenvalue weighted by Gasteiger charge is -2.35. The minimum Gasteiger partial charge on any atom is -0.339 e. The Hall–Kier alpha value is -2.87. The van der Waals surface area contributed by atoms with Crippen LogP contribution in [-0.4, -0.2) is 87.3 Å². The van der Waals surface area contributed by atoms with Crippen LogP contribution < -0.4 is 0 Å². The number of hydrogen-bond donors (Lipinski definition) is 0. The van der Waals surface area contributed by atoms with Crippen LogP contribution >= 0.6 is 0 Å². The molecule has 0 aromatic carbocycles. The van der Waals surface area contributed by atoms with E-state index in [0.29, 0.717) is 24.4 Å². The molecule has 2 aromatic heterocycles. The van der Waals surface area contributed by atoms with E-state index in [9.17, 15) is 9.59 Å². The minimum atomic E-state index is -0.153. The van der Waals surface area contributed by atoms with Crippen LogP contribution in [0.2, 0.25) is 0 Å². The van der Waals surface area contributed by atoms with Crippen LogP contribution in [-0.2, 0) is 11.2 Å². The van der Waals surface area contributed by atoms with Crippen LogP contribution in [0.5, 0.6) is 0 Å². The van der Waals surface area contributed by atoms with Gasteiger partial charge in [0.15, 0.2) is 5.82 Å². The van der Waals surface area contributed by atoms with Gasteiger partial charge in [0.1, 0.15) is 6.54 Å². The topological polar surface area (TPSA) is 82.5 Å². The number of rotatable bonds is 4. The number of pyridine rings is 1. The summed E-state index contributed by atoms with van der Waals surface area (Å²) >= 11 is 0. The number of piperazine rings is 1. The van der Waals surface area contributed by atoms with Gasteiger partial charge >= 0.3 is 0 Å². The second kappa shape index (κ2) is 8.65. The smallest absolute Gasteiger partial charge is 0.257 e. The van der Waals surface area contributed by atoms with E-state index in [1.807, 2.05) is 17.0 Å². The number of aromatic nitrogens is 3. The molecule has 0 aliphatic carbocycles. The normalized spacial score (nSPS) is 17.8. The summed E-state index contributed by atoms with van der Waals surface area (Å²) in [6, 6.07) is 3.70. The standard InChI is InChI=1S/C21H26N6O2/c1-2-25-10-12-26(13-11-25)19(28)15-27-9-3-4-18-17(21(27)29)14-23-20(24-18)16-5-7-22-8-6-16/h5-8,14H,2-4,9-13,15H2,1H3. The third-order valence-electron chi connectivity index (χ3n) is 5.66. The van der Waals surface area contributed by atoms with E-state index < -0.39 is 0 Å². The summed E-state index contributed by atoms with van der Waals surface area (Å²) < 4.78 is 0.